The Kier molecular flexibility index (Phi) is 5.30. The largest absolute Gasteiger partial charge is 0.748 e. The number of aryl methyl sites for hydroxylation is 1. The summed E-state index contributed by atoms with van der Waals surface area (Å²) in [7, 11) is -4.22. The second kappa shape index (κ2) is 7.06. The number of nitrogens with zero attached hydrogens (tertiary/aromatic N) is 2. The maximum Gasteiger partial charge on any atom is 0.230 e. The van der Waals surface area contributed by atoms with Gasteiger partial charge in [-0.2, -0.15) is 0 Å². The molecule has 0 saturated heterocycles. The zero-order valence-electron chi connectivity index (χ0n) is 13.4. The molecule has 0 radical (unpaired) electrons. The summed E-state index contributed by atoms with van der Waals surface area (Å²) in [6.07, 6.45) is 3.73. The summed E-state index contributed by atoms with van der Waals surface area (Å²) in [6.45, 7) is 3.03. The molecule has 0 spiro atoms. The molecular formula is C16H18N2O5S. The first-order valence-corrected chi connectivity index (χ1v) is 8.93. The molecule has 1 aromatic heterocycles. The van der Waals surface area contributed by atoms with E-state index in [0.717, 1.165) is 15.7 Å². The maximum absolute atomic E-state index is 11.7. The molecule has 0 unspecified atom stereocenters. The van der Waals surface area contributed by atoms with Crippen LogP contribution in [0.5, 0.6) is 0 Å². The summed E-state index contributed by atoms with van der Waals surface area (Å²) in [5.74, 6) is -1.15. The molecule has 1 heterocycles. The highest BCUT2D eigenvalue weighted by atomic mass is 32.2. The second-order valence-electron chi connectivity index (χ2n) is 5.45. The minimum atomic E-state index is -4.22. The van der Waals surface area contributed by atoms with E-state index in [0.29, 0.717) is 12.2 Å². The highest BCUT2D eigenvalue weighted by Crippen LogP contribution is 2.26. The molecule has 0 aliphatic heterocycles. The Morgan fingerprint density at radius 1 is 1.17 bits per heavy atom. The lowest BCUT2D eigenvalue weighted by molar-refractivity contribution is -0.695. The van der Waals surface area contributed by atoms with E-state index in [1.54, 1.807) is 35.2 Å². The van der Waals surface area contributed by atoms with Crippen LogP contribution in [-0.2, 0) is 26.3 Å². The van der Waals surface area contributed by atoms with Gasteiger partial charge >= 0.3 is 0 Å². The van der Waals surface area contributed by atoms with Crippen molar-refractivity contribution in [3.8, 4) is 0 Å². The van der Waals surface area contributed by atoms with E-state index in [9.17, 15) is 22.6 Å². The van der Waals surface area contributed by atoms with Crippen LogP contribution in [-0.4, -0.2) is 30.5 Å². The van der Waals surface area contributed by atoms with Gasteiger partial charge in [-0.25, -0.2) is 13.0 Å². The molecule has 0 atom stereocenters. The summed E-state index contributed by atoms with van der Waals surface area (Å²) in [5, 5.41) is 1.53. The average molecular weight is 350 g/mol. The molecule has 8 heteroatoms. The van der Waals surface area contributed by atoms with E-state index >= 15 is 0 Å². The number of imide groups is 1. The molecule has 128 valence electrons. The van der Waals surface area contributed by atoms with Gasteiger partial charge in [0.05, 0.1) is 15.8 Å². The fourth-order valence-electron chi connectivity index (χ4n) is 2.58. The molecule has 24 heavy (non-hydrogen) atoms. The number of fused-ring (bicyclic) bond motifs is 1. The molecular weight excluding hydrogens is 332 g/mol. The number of aromatic nitrogens is 1. The van der Waals surface area contributed by atoms with Crippen molar-refractivity contribution in [2.45, 2.75) is 26.8 Å². The van der Waals surface area contributed by atoms with Gasteiger partial charge in [0.15, 0.2) is 12.4 Å². The van der Waals surface area contributed by atoms with Crippen LogP contribution in [0.4, 0.5) is 5.69 Å². The second-order valence-corrected chi connectivity index (χ2v) is 6.98. The molecule has 2 rings (SSSR count). The van der Waals surface area contributed by atoms with E-state index in [4.69, 9.17) is 0 Å². The van der Waals surface area contributed by atoms with Crippen molar-refractivity contribution >= 4 is 38.4 Å². The topological polar surface area (TPSA) is 98.5 Å². The molecule has 0 bridgehead atoms. The Morgan fingerprint density at radius 2 is 1.83 bits per heavy atom. The number of pyridine rings is 1. The Morgan fingerprint density at radius 3 is 2.42 bits per heavy atom. The molecule has 0 aliphatic carbocycles. The predicted molar refractivity (Wildman–Crippen MR) is 87.2 cm³/mol. The van der Waals surface area contributed by atoms with Crippen LogP contribution in [0.3, 0.4) is 0 Å². The number of carbonyl (C=O) groups is 2. The lowest BCUT2D eigenvalue weighted by Gasteiger charge is -2.18. The Labute approximate surface area is 140 Å². The van der Waals surface area contributed by atoms with Crippen molar-refractivity contribution < 1.29 is 27.1 Å². The Balaban J connectivity index is 2.35. The quantitative estimate of drug-likeness (QED) is 0.591. The van der Waals surface area contributed by atoms with E-state index in [1.807, 2.05) is 6.07 Å². The number of hydrogen-bond donors (Lipinski definition) is 0. The molecule has 7 nitrogen and oxygen atoms in total. The van der Waals surface area contributed by atoms with Crippen molar-refractivity contribution in [2.24, 2.45) is 0 Å². The van der Waals surface area contributed by atoms with Crippen LogP contribution in [0.25, 0.3) is 10.8 Å². The van der Waals surface area contributed by atoms with Gasteiger partial charge in [-0.3, -0.25) is 14.5 Å². The van der Waals surface area contributed by atoms with Gasteiger partial charge in [0.25, 0.3) is 0 Å². The van der Waals surface area contributed by atoms with Gasteiger partial charge in [0.1, 0.15) is 6.54 Å². The van der Waals surface area contributed by atoms with Gasteiger partial charge in [-0.15, -0.1) is 0 Å². The molecule has 0 N–H and O–H groups in total. The molecule has 1 aromatic carbocycles. The van der Waals surface area contributed by atoms with Crippen LogP contribution in [0, 0.1) is 0 Å². The maximum atomic E-state index is 11.7. The summed E-state index contributed by atoms with van der Waals surface area (Å²) < 4.78 is 33.7. The third-order valence-electron chi connectivity index (χ3n) is 3.54. The van der Waals surface area contributed by atoms with Gasteiger partial charge in [0.2, 0.25) is 11.8 Å². The number of carbonyl (C=O) groups excluding carboxylic acids is 2. The number of amides is 2. The van der Waals surface area contributed by atoms with Crippen molar-refractivity contribution in [1.82, 2.24) is 0 Å². The number of benzene rings is 1. The number of anilines is 1. The first kappa shape index (κ1) is 18.0. The number of hydrogen-bond acceptors (Lipinski definition) is 5. The molecule has 0 aliphatic rings. The van der Waals surface area contributed by atoms with Crippen LogP contribution in [0.2, 0.25) is 0 Å². The lowest BCUT2D eigenvalue weighted by atomic mass is 10.1. The van der Waals surface area contributed by atoms with Crippen molar-refractivity contribution in [3.05, 3.63) is 36.7 Å². The summed E-state index contributed by atoms with van der Waals surface area (Å²) in [6, 6.07) is 7.02. The van der Waals surface area contributed by atoms with Crippen LogP contribution in [0.1, 0.15) is 20.3 Å². The van der Waals surface area contributed by atoms with Crippen LogP contribution < -0.4 is 9.47 Å². The third-order valence-corrected chi connectivity index (χ3v) is 4.32. The van der Waals surface area contributed by atoms with E-state index in [-0.39, 0.29) is 18.2 Å². The van der Waals surface area contributed by atoms with Gasteiger partial charge < -0.3 is 4.55 Å². The fraction of sp³-hybridized carbons (Fsp3) is 0.312. The first-order chi connectivity index (χ1) is 11.2. The van der Waals surface area contributed by atoms with Crippen LogP contribution >= 0.6 is 0 Å². The highest BCUT2D eigenvalue weighted by Gasteiger charge is 2.19. The smallest absolute Gasteiger partial charge is 0.230 e. The van der Waals surface area contributed by atoms with Gasteiger partial charge in [0, 0.05) is 42.9 Å². The standard InChI is InChI=1S/C16H18N2O5S/c1-12(19)18(13(2)20)16-6-3-5-14-11-17(9-7-15(14)16)8-4-10-24(21,22)23/h3,5-7,9,11H,4,8,10H2,1-2H3. The van der Waals surface area contributed by atoms with E-state index < -0.39 is 15.9 Å². The minimum absolute atomic E-state index is 0.217. The number of rotatable bonds is 5. The monoisotopic (exact) mass is 350 g/mol. The normalized spacial score (nSPS) is 11.5. The van der Waals surface area contributed by atoms with Crippen molar-refractivity contribution in [1.29, 1.82) is 0 Å². The summed E-state index contributed by atoms with van der Waals surface area (Å²) in [4.78, 5) is 24.6. The SMILES string of the molecule is CC(=O)N(C(C)=O)c1cccc2c[n+](CCCS(=O)(=O)[O-])ccc12. The molecule has 0 fully saturated rings. The lowest BCUT2D eigenvalue weighted by Crippen LogP contribution is -2.35. The van der Waals surface area contributed by atoms with Gasteiger partial charge in [-0.05, 0) is 12.1 Å². The molecule has 0 saturated carbocycles. The van der Waals surface area contributed by atoms with Gasteiger partial charge in [-0.1, -0.05) is 6.07 Å². The van der Waals surface area contributed by atoms with Crippen LogP contribution in [0.15, 0.2) is 36.7 Å². The zero-order valence-corrected chi connectivity index (χ0v) is 14.2. The summed E-state index contributed by atoms with van der Waals surface area (Å²) >= 11 is 0. The highest BCUT2D eigenvalue weighted by molar-refractivity contribution is 7.85. The van der Waals surface area contributed by atoms with Crippen molar-refractivity contribution in [3.63, 3.8) is 0 Å². The fourth-order valence-corrected chi connectivity index (χ4v) is 3.06. The first-order valence-electron chi connectivity index (χ1n) is 7.36. The predicted octanol–water partition coefficient (Wildman–Crippen LogP) is 0.962. The Bertz CT molecular complexity index is 878. The molecule has 2 aromatic rings. The minimum Gasteiger partial charge on any atom is -0.748 e. The molecule has 2 amide bonds. The average Bonchev–Trinajstić information content (AvgIpc) is 2.45. The van der Waals surface area contributed by atoms with E-state index in [1.165, 1.54) is 13.8 Å². The van der Waals surface area contributed by atoms with E-state index in [2.05, 4.69) is 0 Å². The third kappa shape index (κ3) is 4.36. The Hall–Kier alpha value is -2.32. The van der Waals surface area contributed by atoms with Crippen molar-refractivity contribution in [2.75, 3.05) is 10.7 Å². The summed E-state index contributed by atoms with van der Waals surface area (Å²) in [5.41, 5.74) is 0.502. The zero-order chi connectivity index (χ0) is 17.9.